The molecule has 0 spiro atoms. The van der Waals surface area contributed by atoms with E-state index in [0.29, 0.717) is 35.7 Å². The van der Waals surface area contributed by atoms with Crippen molar-refractivity contribution >= 4 is 5.52 Å². The Morgan fingerprint density at radius 1 is 1.17 bits per heavy atom. The molecule has 10 heteroatoms. The average Bonchev–Trinajstić information content (AvgIpc) is 3.45. The number of piperidine rings is 1. The van der Waals surface area contributed by atoms with Gasteiger partial charge < -0.3 is 5.11 Å². The summed E-state index contributed by atoms with van der Waals surface area (Å²) < 4.78 is 33.2. The van der Waals surface area contributed by atoms with Crippen LogP contribution in [0.25, 0.3) is 5.52 Å². The van der Waals surface area contributed by atoms with Gasteiger partial charge in [-0.05, 0) is 101 Å². The van der Waals surface area contributed by atoms with Crippen LogP contribution in [0, 0.1) is 23.7 Å². The van der Waals surface area contributed by atoms with Crippen molar-refractivity contribution in [2.45, 2.75) is 102 Å². The third kappa shape index (κ3) is 5.87. The van der Waals surface area contributed by atoms with Gasteiger partial charge in [-0.3, -0.25) is 18.8 Å². The Morgan fingerprint density at radius 2 is 1.95 bits per heavy atom. The third-order valence-electron chi connectivity index (χ3n) is 10.5. The summed E-state index contributed by atoms with van der Waals surface area (Å²) in [5.41, 5.74) is 6.93. The molecule has 0 aromatic carbocycles. The van der Waals surface area contributed by atoms with E-state index in [1.165, 1.54) is 10.8 Å². The van der Waals surface area contributed by atoms with Gasteiger partial charge >= 0.3 is 5.69 Å². The molecule has 5 unspecified atom stereocenters. The standard InChI is InChI=1S/C31H48F2N6O2/c1-20-7-6-10-37(15-20)16-21-11-25(31(3,32)33)26-18-38(29(40)39(26)17-21)24-9-5-8-22(12-24)27(23-13-30(2,41)14-23)28-35-34-19-36(28)4/h11,17-18,20,22-24,27-28,34-35,41H,5-10,12-16,19H2,1-4H3. The second-order valence-electron chi connectivity index (χ2n) is 14.2. The topological polar surface area (TPSA) is 77.2 Å². The summed E-state index contributed by atoms with van der Waals surface area (Å²) in [5, 5.41) is 10.6. The van der Waals surface area contributed by atoms with Gasteiger partial charge in [0.25, 0.3) is 5.92 Å². The van der Waals surface area contributed by atoms with Gasteiger partial charge in [-0.25, -0.2) is 24.4 Å². The molecule has 8 nitrogen and oxygen atoms in total. The van der Waals surface area contributed by atoms with Crippen LogP contribution in [-0.2, 0) is 12.5 Å². The first-order valence-electron chi connectivity index (χ1n) is 15.7. The van der Waals surface area contributed by atoms with E-state index < -0.39 is 11.5 Å². The predicted molar refractivity (Wildman–Crippen MR) is 155 cm³/mol. The van der Waals surface area contributed by atoms with Crippen molar-refractivity contribution in [3.05, 3.63) is 40.1 Å². The van der Waals surface area contributed by atoms with E-state index in [4.69, 9.17) is 0 Å². The molecule has 2 aromatic heterocycles. The number of rotatable bonds is 7. The van der Waals surface area contributed by atoms with Gasteiger partial charge in [0, 0.05) is 44.0 Å². The van der Waals surface area contributed by atoms with Crippen LogP contribution in [0.15, 0.2) is 23.3 Å². The molecule has 5 atom stereocenters. The Balaban J connectivity index is 1.30. The van der Waals surface area contributed by atoms with Crippen LogP contribution in [0.2, 0.25) is 0 Å². The summed E-state index contributed by atoms with van der Waals surface area (Å²) in [6.07, 6.45) is 11.3. The number of hydrogen-bond donors (Lipinski definition) is 3. The van der Waals surface area contributed by atoms with Crippen LogP contribution in [0.5, 0.6) is 0 Å². The number of alkyl halides is 2. The van der Waals surface area contributed by atoms with Gasteiger partial charge in [0.15, 0.2) is 0 Å². The molecular weight excluding hydrogens is 526 g/mol. The maximum Gasteiger partial charge on any atom is 0.333 e. The Hall–Kier alpha value is -1.85. The van der Waals surface area contributed by atoms with Crippen LogP contribution >= 0.6 is 0 Å². The Kier molecular flexibility index (Phi) is 7.85. The average molecular weight is 575 g/mol. The largest absolute Gasteiger partial charge is 0.390 e. The van der Waals surface area contributed by atoms with Crippen molar-refractivity contribution in [2.75, 3.05) is 26.8 Å². The Labute approximate surface area is 242 Å². The number of nitrogens with zero attached hydrogens (tertiary/aromatic N) is 4. The Morgan fingerprint density at radius 3 is 2.61 bits per heavy atom. The highest BCUT2D eigenvalue weighted by Crippen LogP contribution is 2.50. The Bertz CT molecular complexity index is 1290. The smallest absolute Gasteiger partial charge is 0.333 e. The van der Waals surface area contributed by atoms with Crippen molar-refractivity contribution in [3.8, 4) is 0 Å². The second-order valence-corrected chi connectivity index (χ2v) is 14.2. The minimum atomic E-state index is -3.05. The zero-order chi connectivity index (χ0) is 29.1. The lowest BCUT2D eigenvalue weighted by atomic mass is 9.60. The number of imidazole rings is 1. The fourth-order valence-corrected chi connectivity index (χ4v) is 8.57. The predicted octanol–water partition coefficient (Wildman–Crippen LogP) is 4.28. The number of aromatic nitrogens is 2. The van der Waals surface area contributed by atoms with Gasteiger partial charge in [-0.1, -0.05) is 13.3 Å². The summed E-state index contributed by atoms with van der Waals surface area (Å²) in [4.78, 5) is 18.5. The van der Waals surface area contributed by atoms with Crippen molar-refractivity contribution < 1.29 is 13.9 Å². The number of likely N-dealkylation sites (tertiary alicyclic amines) is 1. The fraction of sp³-hybridized carbons (Fsp3) is 0.774. The normalized spacial score (nSPS) is 34.7. The molecule has 2 aliphatic carbocycles. The molecule has 2 saturated heterocycles. The highest BCUT2D eigenvalue weighted by atomic mass is 19.3. The fourth-order valence-electron chi connectivity index (χ4n) is 8.57. The van der Waals surface area contributed by atoms with Crippen LogP contribution in [0.1, 0.15) is 89.3 Å². The molecule has 2 aliphatic heterocycles. The van der Waals surface area contributed by atoms with Gasteiger partial charge in [-0.2, -0.15) is 0 Å². The number of fused-ring (bicyclic) bond motifs is 1. The maximum absolute atomic E-state index is 15.0. The van der Waals surface area contributed by atoms with E-state index in [0.717, 1.165) is 77.2 Å². The number of aliphatic hydroxyl groups is 1. The summed E-state index contributed by atoms with van der Waals surface area (Å²) in [6, 6.07) is 1.59. The van der Waals surface area contributed by atoms with Gasteiger partial charge in [-0.15, -0.1) is 0 Å². The van der Waals surface area contributed by atoms with Crippen molar-refractivity contribution in [2.24, 2.45) is 23.7 Å². The number of halogens is 2. The quantitative estimate of drug-likeness (QED) is 0.459. The van der Waals surface area contributed by atoms with Crippen LogP contribution in [0.4, 0.5) is 8.78 Å². The number of hydrogen-bond acceptors (Lipinski definition) is 6. The lowest BCUT2D eigenvalue weighted by molar-refractivity contribution is -0.103. The highest BCUT2D eigenvalue weighted by Gasteiger charge is 2.49. The lowest BCUT2D eigenvalue weighted by Crippen LogP contribution is -2.55. The number of hydrazine groups is 1. The molecule has 0 bridgehead atoms. The first-order valence-corrected chi connectivity index (χ1v) is 15.7. The molecule has 3 N–H and O–H groups in total. The van der Waals surface area contributed by atoms with E-state index in [2.05, 4.69) is 34.6 Å². The maximum atomic E-state index is 15.0. The van der Waals surface area contributed by atoms with Crippen molar-refractivity contribution in [1.29, 1.82) is 0 Å². The lowest BCUT2D eigenvalue weighted by Gasteiger charge is -2.51. The van der Waals surface area contributed by atoms with Crippen LogP contribution < -0.4 is 16.5 Å². The number of nitrogens with one attached hydrogen (secondary N) is 2. The molecule has 4 aliphatic rings. The van der Waals surface area contributed by atoms with E-state index in [1.807, 2.05) is 6.92 Å². The molecule has 0 amide bonds. The zero-order valence-corrected chi connectivity index (χ0v) is 25.1. The van der Waals surface area contributed by atoms with Gasteiger partial charge in [0.2, 0.25) is 0 Å². The van der Waals surface area contributed by atoms with E-state index in [-0.39, 0.29) is 23.5 Å². The summed E-state index contributed by atoms with van der Waals surface area (Å²) in [5.74, 6) is -1.35. The van der Waals surface area contributed by atoms with Gasteiger partial charge in [0.1, 0.15) is 0 Å². The zero-order valence-electron chi connectivity index (χ0n) is 25.1. The van der Waals surface area contributed by atoms with Crippen LogP contribution in [-0.4, -0.2) is 62.4 Å². The molecule has 0 radical (unpaired) electrons. The van der Waals surface area contributed by atoms with Crippen LogP contribution in [0.3, 0.4) is 0 Å². The summed E-state index contributed by atoms with van der Waals surface area (Å²) in [6.45, 7) is 8.34. The molecule has 41 heavy (non-hydrogen) atoms. The third-order valence-corrected chi connectivity index (χ3v) is 10.5. The first kappa shape index (κ1) is 29.2. The molecule has 4 fully saturated rings. The van der Waals surface area contributed by atoms with E-state index >= 15 is 0 Å². The number of pyridine rings is 1. The monoisotopic (exact) mass is 574 g/mol. The van der Waals surface area contributed by atoms with Crippen molar-refractivity contribution in [3.63, 3.8) is 0 Å². The van der Waals surface area contributed by atoms with E-state index in [1.54, 1.807) is 23.0 Å². The minimum Gasteiger partial charge on any atom is -0.390 e. The summed E-state index contributed by atoms with van der Waals surface area (Å²) in [7, 11) is 2.11. The molecular formula is C31H48F2N6O2. The molecule has 228 valence electrons. The first-order chi connectivity index (χ1) is 19.4. The minimum absolute atomic E-state index is 0.0337. The second kappa shape index (κ2) is 11.0. The molecule has 4 heterocycles. The molecule has 6 rings (SSSR count). The van der Waals surface area contributed by atoms with E-state index in [9.17, 15) is 18.7 Å². The highest BCUT2D eigenvalue weighted by molar-refractivity contribution is 5.56. The van der Waals surface area contributed by atoms with Crippen molar-refractivity contribution in [1.82, 2.24) is 29.6 Å². The SMILES string of the molecule is CC1CCCN(Cc2cc(C(C)(F)F)c3cn(C4CCCC(C(C5CC(C)(O)C5)C5NNCN5C)C4)c(=O)n3c2)C1. The van der Waals surface area contributed by atoms with Gasteiger partial charge in [0.05, 0.1) is 24.0 Å². The summed E-state index contributed by atoms with van der Waals surface area (Å²) >= 11 is 0. The molecule has 2 aromatic rings. The molecule has 2 saturated carbocycles.